The molecule has 3 nitrogen and oxygen atoms in total. The van der Waals surface area contributed by atoms with Crippen LogP contribution in [0.5, 0.6) is 0 Å². The molecule has 0 saturated carbocycles. The van der Waals surface area contributed by atoms with Crippen molar-refractivity contribution in [2.45, 2.75) is 39.1 Å². The van der Waals surface area contributed by atoms with Gasteiger partial charge in [0.2, 0.25) is 0 Å². The summed E-state index contributed by atoms with van der Waals surface area (Å²) in [5.41, 5.74) is 2.82. The molecule has 1 aromatic carbocycles. The zero-order chi connectivity index (χ0) is 13.0. The largest absolute Gasteiger partial charge is 0.376 e. The Morgan fingerprint density at radius 1 is 1.28 bits per heavy atom. The second-order valence-electron chi connectivity index (χ2n) is 5.22. The fraction of sp³-hybridized carbons (Fsp3) is 0.600. The van der Waals surface area contributed by atoms with Gasteiger partial charge in [0.15, 0.2) is 0 Å². The minimum atomic E-state index is 0.345. The van der Waals surface area contributed by atoms with E-state index < -0.39 is 0 Å². The summed E-state index contributed by atoms with van der Waals surface area (Å²) < 4.78 is 5.68. The molecule has 1 aliphatic rings. The van der Waals surface area contributed by atoms with Crippen LogP contribution < -0.4 is 5.32 Å². The van der Waals surface area contributed by atoms with Crippen molar-refractivity contribution in [1.29, 1.82) is 0 Å². The summed E-state index contributed by atoms with van der Waals surface area (Å²) in [6, 6.07) is 9.19. The van der Waals surface area contributed by atoms with E-state index in [2.05, 4.69) is 48.3 Å². The SMILES string of the molecule is CNCc1ccccc1CN1CC(C)OCC1C. The minimum absolute atomic E-state index is 0.345. The standard InChI is InChI=1S/C15H24N2O/c1-12-11-18-13(2)9-17(12)10-15-7-5-4-6-14(15)8-16-3/h4-7,12-13,16H,8-11H2,1-3H3. The number of hydrogen-bond donors (Lipinski definition) is 1. The molecule has 1 saturated heterocycles. The molecule has 0 amide bonds. The van der Waals surface area contributed by atoms with Gasteiger partial charge in [-0.2, -0.15) is 0 Å². The number of nitrogens with zero attached hydrogens (tertiary/aromatic N) is 1. The highest BCUT2D eigenvalue weighted by Gasteiger charge is 2.23. The summed E-state index contributed by atoms with van der Waals surface area (Å²) in [4.78, 5) is 2.52. The molecule has 0 aromatic heterocycles. The fourth-order valence-electron chi connectivity index (χ4n) is 2.49. The van der Waals surface area contributed by atoms with Crippen molar-refractivity contribution >= 4 is 0 Å². The van der Waals surface area contributed by atoms with Crippen LogP contribution >= 0.6 is 0 Å². The predicted octanol–water partition coefficient (Wildman–Crippen LogP) is 2.02. The highest BCUT2D eigenvalue weighted by atomic mass is 16.5. The lowest BCUT2D eigenvalue weighted by Crippen LogP contribution is -2.46. The molecule has 2 atom stereocenters. The molecule has 0 bridgehead atoms. The maximum Gasteiger partial charge on any atom is 0.0674 e. The number of nitrogens with one attached hydrogen (secondary N) is 1. The molecule has 18 heavy (non-hydrogen) atoms. The molecule has 2 unspecified atom stereocenters. The summed E-state index contributed by atoms with van der Waals surface area (Å²) >= 11 is 0. The average molecular weight is 248 g/mol. The first-order chi connectivity index (χ1) is 8.70. The van der Waals surface area contributed by atoms with E-state index in [-0.39, 0.29) is 0 Å². The average Bonchev–Trinajstić information content (AvgIpc) is 2.36. The monoisotopic (exact) mass is 248 g/mol. The molecule has 2 rings (SSSR count). The molecular weight excluding hydrogens is 224 g/mol. The first-order valence-electron chi connectivity index (χ1n) is 6.77. The minimum Gasteiger partial charge on any atom is -0.376 e. The van der Waals surface area contributed by atoms with Crippen LogP contribution in [-0.4, -0.2) is 37.2 Å². The van der Waals surface area contributed by atoms with E-state index in [9.17, 15) is 0 Å². The fourth-order valence-corrected chi connectivity index (χ4v) is 2.49. The van der Waals surface area contributed by atoms with E-state index in [4.69, 9.17) is 4.74 Å². The van der Waals surface area contributed by atoms with Crippen LogP contribution in [0.4, 0.5) is 0 Å². The zero-order valence-corrected chi connectivity index (χ0v) is 11.6. The van der Waals surface area contributed by atoms with Crippen molar-refractivity contribution in [2.24, 2.45) is 0 Å². The topological polar surface area (TPSA) is 24.5 Å². The van der Waals surface area contributed by atoms with Crippen LogP contribution in [-0.2, 0) is 17.8 Å². The summed E-state index contributed by atoms with van der Waals surface area (Å²) in [6.07, 6.45) is 0.345. The maximum atomic E-state index is 5.68. The van der Waals surface area contributed by atoms with Crippen LogP contribution in [0.1, 0.15) is 25.0 Å². The number of rotatable bonds is 4. The van der Waals surface area contributed by atoms with Crippen LogP contribution in [0.25, 0.3) is 0 Å². The third-order valence-corrected chi connectivity index (χ3v) is 3.60. The molecule has 1 N–H and O–H groups in total. The number of ether oxygens (including phenoxy) is 1. The molecule has 1 fully saturated rings. The normalized spacial score (nSPS) is 25.3. The Hall–Kier alpha value is -0.900. The van der Waals surface area contributed by atoms with Gasteiger partial charge in [-0.15, -0.1) is 0 Å². The Bertz CT molecular complexity index is 381. The highest BCUT2D eigenvalue weighted by Crippen LogP contribution is 2.17. The quantitative estimate of drug-likeness (QED) is 0.882. The molecule has 1 aliphatic heterocycles. The van der Waals surface area contributed by atoms with Gasteiger partial charge >= 0.3 is 0 Å². The van der Waals surface area contributed by atoms with Gasteiger partial charge in [-0.3, -0.25) is 4.90 Å². The smallest absolute Gasteiger partial charge is 0.0674 e. The van der Waals surface area contributed by atoms with E-state index in [1.807, 2.05) is 7.05 Å². The van der Waals surface area contributed by atoms with Crippen LogP contribution in [0.2, 0.25) is 0 Å². The molecule has 1 aromatic rings. The van der Waals surface area contributed by atoms with Gasteiger partial charge in [-0.1, -0.05) is 24.3 Å². The van der Waals surface area contributed by atoms with Gasteiger partial charge in [0.25, 0.3) is 0 Å². The van der Waals surface area contributed by atoms with E-state index in [1.165, 1.54) is 11.1 Å². The first kappa shape index (κ1) is 13.5. The lowest BCUT2D eigenvalue weighted by Gasteiger charge is -2.37. The summed E-state index contributed by atoms with van der Waals surface area (Å²) in [6.45, 7) is 8.21. The van der Waals surface area contributed by atoms with Crippen molar-refractivity contribution in [3.63, 3.8) is 0 Å². The van der Waals surface area contributed by atoms with Crippen molar-refractivity contribution in [2.75, 3.05) is 20.2 Å². The molecule has 3 heteroatoms. The van der Waals surface area contributed by atoms with E-state index in [0.717, 1.165) is 26.2 Å². The van der Waals surface area contributed by atoms with Gasteiger partial charge in [-0.25, -0.2) is 0 Å². The van der Waals surface area contributed by atoms with Crippen molar-refractivity contribution in [3.05, 3.63) is 35.4 Å². The van der Waals surface area contributed by atoms with Gasteiger partial charge < -0.3 is 10.1 Å². The number of benzene rings is 1. The van der Waals surface area contributed by atoms with Gasteiger partial charge in [0.05, 0.1) is 12.7 Å². The predicted molar refractivity (Wildman–Crippen MR) is 74.5 cm³/mol. The summed E-state index contributed by atoms with van der Waals surface area (Å²) in [5, 5.41) is 3.24. The van der Waals surface area contributed by atoms with Gasteiger partial charge in [0, 0.05) is 25.7 Å². The summed E-state index contributed by atoms with van der Waals surface area (Å²) in [5.74, 6) is 0. The van der Waals surface area contributed by atoms with Crippen LogP contribution in [0.15, 0.2) is 24.3 Å². The first-order valence-corrected chi connectivity index (χ1v) is 6.77. The highest BCUT2D eigenvalue weighted by molar-refractivity contribution is 5.27. The maximum absolute atomic E-state index is 5.68. The Labute approximate surface area is 110 Å². The summed E-state index contributed by atoms with van der Waals surface area (Å²) in [7, 11) is 2.00. The van der Waals surface area contributed by atoms with Crippen molar-refractivity contribution in [1.82, 2.24) is 10.2 Å². The number of hydrogen-bond acceptors (Lipinski definition) is 3. The zero-order valence-electron chi connectivity index (χ0n) is 11.6. The molecule has 0 radical (unpaired) electrons. The van der Waals surface area contributed by atoms with E-state index in [0.29, 0.717) is 12.1 Å². The van der Waals surface area contributed by atoms with Gasteiger partial charge in [-0.05, 0) is 32.0 Å². The molecular formula is C15H24N2O. The lowest BCUT2D eigenvalue weighted by molar-refractivity contribution is -0.0527. The third kappa shape index (κ3) is 3.31. The molecule has 1 heterocycles. The second-order valence-corrected chi connectivity index (χ2v) is 5.22. The molecule has 0 spiro atoms. The van der Waals surface area contributed by atoms with Crippen LogP contribution in [0.3, 0.4) is 0 Å². The van der Waals surface area contributed by atoms with Gasteiger partial charge in [0.1, 0.15) is 0 Å². The van der Waals surface area contributed by atoms with Crippen LogP contribution in [0, 0.1) is 0 Å². The van der Waals surface area contributed by atoms with Crippen molar-refractivity contribution < 1.29 is 4.74 Å². The van der Waals surface area contributed by atoms with E-state index >= 15 is 0 Å². The third-order valence-electron chi connectivity index (χ3n) is 3.60. The Kier molecular flexibility index (Phi) is 4.75. The second kappa shape index (κ2) is 6.32. The van der Waals surface area contributed by atoms with E-state index in [1.54, 1.807) is 0 Å². The Morgan fingerprint density at radius 3 is 2.72 bits per heavy atom. The molecule has 0 aliphatic carbocycles. The molecule has 100 valence electrons. The Morgan fingerprint density at radius 2 is 2.00 bits per heavy atom. The number of morpholine rings is 1. The van der Waals surface area contributed by atoms with Crippen molar-refractivity contribution in [3.8, 4) is 0 Å². The lowest BCUT2D eigenvalue weighted by atomic mass is 10.1. The Balaban J connectivity index is 2.07.